The highest BCUT2D eigenvalue weighted by molar-refractivity contribution is 6.34. The number of imide groups is 1. The Morgan fingerprint density at radius 3 is 2.39 bits per heavy atom. The quantitative estimate of drug-likeness (QED) is 0.133. The summed E-state index contributed by atoms with van der Waals surface area (Å²) in [5.74, 6) is 2.29. The van der Waals surface area contributed by atoms with Gasteiger partial charge >= 0.3 is 12.2 Å². The second kappa shape index (κ2) is 17.8. The molecule has 4 N–H and O–H groups in total. The van der Waals surface area contributed by atoms with Crippen LogP contribution in [-0.2, 0) is 17.5 Å². The number of nitrogens with two attached hydrogens (primary N) is 1. The van der Waals surface area contributed by atoms with Crippen molar-refractivity contribution < 1.29 is 37.0 Å². The molecule has 0 radical (unpaired) electrons. The number of nitrogens with zero attached hydrogens (tertiary/aromatic N) is 5. The molecule has 17 heteroatoms. The van der Waals surface area contributed by atoms with Crippen molar-refractivity contribution in [3.8, 4) is 11.5 Å². The third-order valence-corrected chi connectivity index (χ3v) is 13.4. The summed E-state index contributed by atoms with van der Waals surface area (Å²) in [7, 11) is 1.58. The maximum atomic E-state index is 13.6. The van der Waals surface area contributed by atoms with Gasteiger partial charge in [-0.2, -0.15) is 13.2 Å². The zero-order valence-corrected chi connectivity index (χ0v) is 35.7. The van der Waals surface area contributed by atoms with E-state index >= 15 is 0 Å². The number of fused-ring (bicyclic) bond motifs is 1. The summed E-state index contributed by atoms with van der Waals surface area (Å²) in [4.78, 5) is 52.8. The van der Waals surface area contributed by atoms with Crippen molar-refractivity contribution >= 4 is 57.5 Å². The summed E-state index contributed by atoms with van der Waals surface area (Å²) in [6, 6.07) is 11.6. The number of benzene rings is 3. The van der Waals surface area contributed by atoms with Crippen molar-refractivity contribution in [2.75, 3.05) is 62.3 Å². The van der Waals surface area contributed by atoms with Crippen LogP contribution in [0.1, 0.15) is 85.1 Å². The summed E-state index contributed by atoms with van der Waals surface area (Å²) < 4.78 is 52.7. The molecular weight excluding hydrogens is 825 g/mol. The predicted molar refractivity (Wildman–Crippen MR) is 231 cm³/mol. The Morgan fingerprint density at radius 1 is 0.952 bits per heavy atom. The number of hydrogen-bond acceptors (Lipinski definition) is 10. The molecule has 3 aliphatic heterocycles. The van der Waals surface area contributed by atoms with Gasteiger partial charge in [0, 0.05) is 74.9 Å². The molecule has 1 saturated carbocycles. The first-order valence-corrected chi connectivity index (χ1v) is 21.7. The molecule has 4 aliphatic rings. The van der Waals surface area contributed by atoms with Gasteiger partial charge in [-0.15, -0.1) is 0 Å². The van der Waals surface area contributed by atoms with Crippen LogP contribution < -0.4 is 30.7 Å². The Labute approximate surface area is 363 Å². The molecule has 1 aliphatic carbocycles. The first kappa shape index (κ1) is 43.3. The molecule has 13 nitrogen and oxygen atoms in total. The number of nitrogen functional groups attached to an aromatic ring is 1. The average Bonchev–Trinajstić information content (AvgIpc) is 3.24. The number of likely N-dealkylation sites (tertiary alicyclic amines) is 2. The van der Waals surface area contributed by atoms with Crippen molar-refractivity contribution in [1.82, 2.24) is 25.1 Å². The highest BCUT2D eigenvalue weighted by Crippen LogP contribution is 2.47. The number of aromatic nitrogens is 2. The molecule has 4 amide bonds. The molecule has 4 aromatic rings. The number of piperidine rings is 2. The summed E-state index contributed by atoms with van der Waals surface area (Å²) in [6.45, 7) is 6.30. The van der Waals surface area contributed by atoms with E-state index < -0.39 is 17.8 Å². The molecule has 1 spiro atoms. The van der Waals surface area contributed by atoms with Crippen molar-refractivity contribution in [1.29, 1.82) is 0 Å². The van der Waals surface area contributed by atoms with Crippen LogP contribution in [0.3, 0.4) is 0 Å². The van der Waals surface area contributed by atoms with Gasteiger partial charge in [-0.1, -0.05) is 11.6 Å². The molecule has 62 heavy (non-hydrogen) atoms. The lowest BCUT2D eigenvalue weighted by molar-refractivity contribution is -0.137. The number of hydrogen-bond donors (Lipinski definition) is 3. The van der Waals surface area contributed by atoms with E-state index in [0.717, 1.165) is 70.3 Å². The van der Waals surface area contributed by atoms with Crippen LogP contribution in [0.5, 0.6) is 11.5 Å². The number of rotatable bonds is 10. The van der Waals surface area contributed by atoms with Gasteiger partial charge in [-0.3, -0.25) is 19.8 Å². The van der Waals surface area contributed by atoms with Gasteiger partial charge in [0.1, 0.15) is 17.7 Å². The first-order valence-electron chi connectivity index (χ1n) is 21.3. The van der Waals surface area contributed by atoms with E-state index in [1.54, 1.807) is 38.3 Å². The number of nitrogens with one attached hydrogen (secondary N) is 2. The SMILES string of the molecule is COc1cc2nc(C)nc(NCc3cc(N)cc(C(F)(F)F)c3)c2cc1OC1CCN(CC2CCC3(CC2)CCN(C(=O)c2ccc(Cl)c(N4CCC(=O)NC4=O)c2)CC3)CC1. The number of carbonyl (C=O) groups excluding carboxylic acids is 3. The van der Waals surface area contributed by atoms with Gasteiger partial charge in [0.15, 0.2) is 11.5 Å². The van der Waals surface area contributed by atoms with Crippen molar-refractivity contribution in [2.45, 2.75) is 83.5 Å². The van der Waals surface area contributed by atoms with Gasteiger partial charge < -0.3 is 30.3 Å². The predicted octanol–water partition coefficient (Wildman–Crippen LogP) is 8.22. The number of alkyl halides is 3. The van der Waals surface area contributed by atoms with Crippen LogP contribution in [0.4, 0.5) is 35.2 Å². The Balaban J connectivity index is 0.818. The van der Waals surface area contributed by atoms with Crippen molar-refractivity contribution in [3.05, 3.63) is 76.1 Å². The van der Waals surface area contributed by atoms with Crippen LogP contribution in [0.2, 0.25) is 5.02 Å². The monoisotopic (exact) mass is 876 g/mol. The molecule has 0 unspecified atom stereocenters. The van der Waals surface area contributed by atoms with Crippen LogP contribution in [0.25, 0.3) is 10.9 Å². The Bertz CT molecular complexity index is 2340. The van der Waals surface area contributed by atoms with E-state index in [9.17, 15) is 27.6 Å². The van der Waals surface area contributed by atoms with Gasteiger partial charge in [-0.25, -0.2) is 14.8 Å². The Kier molecular flexibility index (Phi) is 12.4. The van der Waals surface area contributed by atoms with Gasteiger partial charge in [0.05, 0.1) is 28.9 Å². The number of aryl methyl sites for hydroxylation is 1. The van der Waals surface area contributed by atoms with Crippen molar-refractivity contribution in [2.24, 2.45) is 11.3 Å². The van der Waals surface area contributed by atoms with Crippen LogP contribution >= 0.6 is 11.6 Å². The lowest BCUT2D eigenvalue weighted by Gasteiger charge is -2.47. The van der Waals surface area contributed by atoms with E-state index in [-0.39, 0.29) is 48.5 Å². The smallest absolute Gasteiger partial charge is 0.416 e. The zero-order valence-electron chi connectivity index (χ0n) is 35.0. The third-order valence-electron chi connectivity index (χ3n) is 13.1. The zero-order chi connectivity index (χ0) is 43.8. The fourth-order valence-corrected chi connectivity index (χ4v) is 9.77. The topological polar surface area (TPSA) is 155 Å². The lowest BCUT2D eigenvalue weighted by Crippen LogP contribution is -2.49. The second-order valence-corrected chi connectivity index (χ2v) is 17.6. The Morgan fingerprint density at radius 2 is 1.69 bits per heavy atom. The normalized spacial score (nSPS) is 19.2. The molecule has 3 aromatic carbocycles. The van der Waals surface area contributed by atoms with Gasteiger partial charge in [-0.05, 0) is 118 Å². The number of methoxy groups -OCH3 is 1. The maximum Gasteiger partial charge on any atom is 0.416 e. The van der Waals surface area contributed by atoms with Crippen molar-refractivity contribution in [3.63, 3.8) is 0 Å². The van der Waals surface area contributed by atoms with E-state index in [0.29, 0.717) is 74.9 Å². The van der Waals surface area contributed by atoms with Gasteiger partial charge in [0.25, 0.3) is 5.91 Å². The summed E-state index contributed by atoms with van der Waals surface area (Å²) in [5.41, 5.74) is 7.18. The molecule has 330 valence electrons. The van der Waals surface area contributed by atoms with E-state index in [1.807, 2.05) is 11.0 Å². The fourth-order valence-electron chi connectivity index (χ4n) is 9.55. The van der Waals surface area contributed by atoms with Crippen LogP contribution in [0, 0.1) is 18.3 Å². The standard InChI is InChI=1S/C45H52ClF3N8O5/c1-27-52-36-24-38(61-2)39(23-34(36)41(53-27)51-25-29-19-31(45(47,48)49)22-32(50)20-29)62-33-7-14-55(15-8-33)26-28-5-10-44(11-6-28)12-17-56(18-13-44)42(59)30-3-4-35(46)37(21-30)57-16-9-40(58)54-43(57)60/h3-4,19-24,28,33H,5-18,25-26,50H2,1-2H3,(H,51,52,53)(H,54,58,60). The molecule has 1 aromatic heterocycles. The average molecular weight is 877 g/mol. The van der Waals surface area contributed by atoms with E-state index in [4.69, 9.17) is 26.8 Å². The minimum absolute atomic E-state index is 0.0228. The minimum atomic E-state index is -4.51. The molecule has 4 heterocycles. The van der Waals surface area contributed by atoms with E-state index in [1.165, 1.54) is 23.8 Å². The number of amides is 4. The molecule has 0 atom stereocenters. The van der Waals surface area contributed by atoms with Gasteiger partial charge in [0.2, 0.25) is 5.91 Å². The third kappa shape index (κ3) is 9.65. The molecular formula is C45H52ClF3N8O5. The minimum Gasteiger partial charge on any atom is -0.493 e. The summed E-state index contributed by atoms with van der Waals surface area (Å²) in [5, 5.41) is 6.52. The van der Waals surface area contributed by atoms with Crippen LogP contribution in [0.15, 0.2) is 48.5 Å². The highest BCUT2D eigenvalue weighted by atomic mass is 35.5. The summed E-state index contributed by atoms with van der Waals surface area (Å²) >= 11 is 6.43. The Hall–Kier alpha value is -5.35. The first-order chi connectivity index (χ1) is 29.6. The number of anilines is 3. The molecule has 3 saturated heterocycles. The van der Waals surface area contributed by atoms with Crippen LogP contribution in [-0.4, -0.2) is 90.1 Å². The summed E-state index contributed by atoms with van der Waals surface area (Å²) in [6.07, 6.45) is 3.93. The molecule has 0 bridgehead atoms. The number of ether oxygens (including phenoxy) is 2. The number of urea groups is 1. The maximum absolute atomic E-state index is 13.6. The molecule has 4 fully saturated rings. The molecule has 8 rings (SSSR count). The fraction of sp³-hybridized carbons (Fsp3) is 0.489. The number of halogens is 4. The second-order valence-electron chi connectivity index (χ2n) is 17.2. The lowest BCUT2D eigenvalue weighted by atomic mass is 9.65. The highest BCUT2D eigenvalue weighted by Gasteiger charge is 2.40. The largest absolute Gasteiger partial charge is 0.493 e. The number of carbonyl (C=O) groups is 3. The van der Waals surface area contributed by atoms with E-state index in [2.05, 4.69) is 25.5 Å².